The van der Waals surface area contributed by atoms with E-state index in [2.05, 4.69) is 10.2 Å². The molecule has 18 heavy (non-hydrogen) atoms. The number of nitrogens with one attached hydrogen (secondary N) is 1. The van der Waals surface area contributed by atoms with Gasteiger partial charge in [0.15, 0.2) is 0 Å². The van der Waals surface area contributed by atoms with E-state index in [1.54, 1.807) is 0 Å². The molecule has 3 aliphatic rings. The third-order valence-corrected chi connectivity index (χ3v) is 4.29. The van der Waals surface area contributed by atoms with Crippen LogP contribution in [-0.2, 0) is 9.53 Å². The van der Waals surface area contributed by atoms with Gasteiger partial charge in [0.1, 0.15) is 6.10 Å². The summed E-state index contributed by atoms with van der Waals surface area (Å²) in [7, 11) is 0. The number of halogens is 2. The van der Waals surface area contributed by atoms with E-state index in [4.69, 9.17) is 4.74 Å². The number of rotatable bonds is 2. The smallest absolute Gasteiger partial charge is 0.377 e. The first-order chi connectivity index (χ1) is 8.56. The molecule has 1 N–H and O–H groups in total. The summed E-state index contributed by atoms with van der Waals surface area (Å²) in [6, 6.07) is 0.423. The molecular formula is C12H18F2N2O2. The average molecular weight is 260 g/mol. The molecule has 0 radical (unpaired) electrons. The quantitative estimate of drug-likeness (QED) is 0.739. The number of carbonyl (C=O) groups is 1. The fourth-order valence-electron chi connectivity index (χ4n) is 3.40. The van der Waals surface area contributed by atoms with Crippen molar-refractivity contribution in [2.45, 2.75) is 37.3 Å². The fraction of sp³-hybridized carbons (Fsp3) is 0.917. The van der Waals surface area contributed by atoms with Crippen molar-refractivity contribution in [1.29, 1.82) is 0 Å². The third kappa shape index (κ3) is 2.12. The summed E-state index contributed by atoms with van der Waals surface area (Å²) in [5, 5.41) is 3.35. The van der Waals surface area contributed by atoms with Crippen LogP contribution in [0.3, 0.4) is 0 Å². The zero-order valence-electron chi connectivity index (χ0n) is 10.2. The summed E-state index contributed by atoms with van der Waals surface area (Å²) in [4.78, 5) is 13.2. The van der Waals surface area contributed by atoms with Crippen LogP contribution in [0.15, 0.2) is 0 Å². The first-order valence-electron chi connectivity index (χ1n) is 6.60. The van der Waals surface area contributed by atoms with Crippen molar-refractivity contribution in [3.8, 4) is 0 Å². The Bertz CT molecular complexity index is 351. The average Bonchev–Trinajstić information content (AvgIpc) is 2.85. The molecule has 0 aliphatic carbocycles. The van der Waals surface area contributed by atoms with Gasteiger partial charge in [0.05, 0.1) is 6.42 Å². The minimum absolute atomic E-state index is 0.423. The number of hydrogen-bond donors (Lipinski definition) is 1. The SMILES string of the molecule is O=C1OC(CN2CCCC3CNCC32)CC1(F)F. The molecule has 3 saturated heterocycles. The normalized spacial score (nSPS) is 39.7. The summed E-state index contributed by atoms with van der Waals surface area (Å²) in [6.07, 6.45) is 1.19. The Kier molecular flexibility index (Phi) is 3.02. The Balaban J connectivity index is 1.61. The highest BCUT2D eigenvalue weighted by molar-refractivity contribution is 5.79. The standard InChI is InChI=1S/C12H18F2N2O2/c13-12(14)4-9(18-11(12)17)7-16-3-1-2-8-5-15-6-10(8)16/h8-10,15H,1-7H2. The maximum Gasteiger partial charge on any atom is 0.377 e. The predicted molar refractivity (Wildman–Crippen MR) is 60.4 cm³/mol. The fourth-order valence-corrected chi connectivity index (χ4v) is 3.40. The van der Waals surface area contributed by atoms with E-state index in [0.29, 0.717) is 18.5 Å². The number of fused-ring (bicyclic) bond motifs is 1. The van der Waals surface area contributed by atoms with Crippen LogP contribution >= 0.6 is 0 Å². The topological polar surface area (TPSA) is 41.6 Å². The molecule has 0 aromatic heterocycles. The van der Waals surface area contributed by atoms with Gasteiger partial charge in [-0.2, -0.15) is 8.78 Å². The predicted octanol–water partition coefficient (Wildman–Crippen LogP) is 0.621. The lowest BCUT2D eigenvalue weighted by molar-refractivity contribution is -0.159. The summed E-state index contributed by atoms with van der Waals surface area (Å²) in [5.41, 5.74) is 0. The first kappa shape index (κ1) is 12.3. The molecule has 3 unspecified atom stereocenters. The second-order valence-corrected chi connectivity index (χ2v) is 5.56. The van der Waals surface area contributed by atoms with Gasteiger partial charge in [0.2, 0.25) is 0 Å². The van der Waals surface area contributed by atoms with Gasteiger partial charge >= 0.3 is 11.9 Å². The lowest BCUT2D eigenvalue weighted by Crippen LogP contribution is -2.48. The van der Waals surface area contributed by atoms with Crippen molar-refractivity contribution in [2.24, 2.45) is 5.92 Å². The molecule has 3 aliphatic heterocycles. The van der Waals surface area contributed by atoms with Crippen LogP contribution in [0.1, 0.15) is 19.3 Å². The van der Waals surface area contributed by atoms with Gasteiger partial charge in [-0.05, 0) is 31.8 Å². The lowest BCUT2D eigenvalue weighted by atomic mass is 9.91. The Morgan fingerprint density at radius 3 is 3.00 bits per heavy atom. The minimum Gasteiger partial charge on any atom is -0.456 e. The second-order valence-electron chi connectivity index (χ2n) is 5.56. The van der Waals surface area contributed by atoms with Crippen molar-refractivity contribution >= 4 is 5.97 Å². The molecule has 0 spiro atoms. The molecular weight excluding hydrogens is 242 g/mol. The van der Waals surface area contributed by atoms with Crippen LogP contribution in [0.25, 0.3) is 0 Å². The summed E-state index contributed by atoms with van der Waals surface area (Å²) in [6.45, 7) is 3.30. The lowest BCUT2D eigenvalue weighted by Gasteiger charge is -2.37. The highest BCUT2D eigenvalue weighted by atomic mass is 19.3. The molecule has 6 heteroatoms. The Morgan fingerprint density at radius 2 is 2.28 bits per heavy atom. The molecule has 3 atom stereocenters. The molecule has 0 amide bonds. The highest BCUT2D eigenvalue weighted by Crippen LogP contribution is 2.33. The van der Waals surface area contributed by atoms with E-state index in [1.807, 2.05) is 0 Å². The van der Waals surface area contributed by atoms with Crippen molar-refractivity contribution in [2.75, 3.05) is 26.2 Å². The van der Waals surface area contributed by atoms with Gasteiger partial charge in [-0.1, -0.05) is 0 Å². The van der Waals surface area contributed by atoms with E-state index in [-0.39, 0.29) is 0 Å². The van der Waals surface area contributed by atoms with Gasteiger partial charge in [-0.15, -0.1) is 0 Å². The van der Waals surface area contributed by atoms with Crippen molar-refractivity contribution in [3.05, 3.63) is 0 Å². The number of carbonyl (C=O) groups excluding carboxylic acids is 1. The highest BCUT2D eigenvalue weighted by Gasteiger charge is 2.51. The number of ether oxygens (including phenoxy) is 1. The number of hydrogen-bond acceptors (Lipinski definition) is 4. The van der Waals surface area contributed by atoms with E-state index in [1.165, 1.54) is 6.42 Å². The van der Waals surface area contributed by atoms with E-state index in [9.17, 15) is 13.6 Å². The number of piperidine rings is 1. The van der Waals surface area contributed by atoms with Crippen LogP contribution in [0.5, 0.6) is 0 Å². The van der Waals surface area contributed by atoms with E-state index in [0.717, 1.165) is 26.1 Å². The summed E-state index contributed by atoms with van der Waals surface area (Å²) >= 11 is 0. The van der Waals surface area contributed by atoms with Crippen molar-refractivity contribution in [3.63, 3.8) is 0 Å². The number of cyclic esters (lactones) is 1. The van der Waals surface area contributed by atoms with Gasteiger partial charge < -0.3 is 10.1 Å². The van der Waals surface area contributed by atoms with Gasteiger partial charge in [-0.25, -0.2) is 4.79 Å². The van der Waals surface area contributed by atoms with Gasteiger partial charge in [0, 0.05) is 19.1 Å². The van der Waals surface area contributed by atoms with Gasteiger partial charge in [0.25, 0.3) is 0 Å². The molecule has 0 saturated carbocycles. The van der Waals surface area contributed by atoms with Gasteiger partial charge in [-0.3, -0.25) is 4.90 Å². The Hall–Kier alpha value is -0.750. The number of esters is 1. The van der Waals surface area contributed by atoms with Crippen LogP contribution in [-0.4, -0.2) is 55.1 Å². The minimum atomic E-state index is -3.28. The summed E-state index contributed by atoms with van der Waals surface area (Å²) < 4.78 is 31.0. The largest absolute Gasteiger partial charge is 0.456 e. The number of nitrogens with zero attached hydrogens (tertiary/aromatic N) is 1. The molecule has 102 valence electrons. The molecule has 0 aromatic rings. The number of alkyl halides is 2. The Labute approximate surface area is 105 Å². The molecule has 3 rings (SSSR count). The van der Waals surface area contributed by atoms with Crippen LogP contribution < -0.4 is 5.32 Å². The molecule has 3 fully saturated rings. The second kappa shape index (κ2) is 4.42. The van der Waals surface area contributed by atoms with E-state index >= 15 is 0 Å². The third-order valence-electron chi connectivity index (χ3n) is 4.29. The summed E-state index contributed by atoms with van der Waals surface area (Å²) in [5.74, 6) is -4.02. The molecule has 3 heterocycles. The maximum atomic E-state index is 13.1. The maximum absolute atomic E-state index is 13.1. The van der Waals surface area contributed by atoms with Crippen LogP contribution in [0.4, 0.5) is 8.78 Å². The van der Waals surface area contributed by atoms with E-state index < -0.39 is 24.4 Å². The zero-order chi connectivity index (χ0) is 12.8. The molecule has 0 aromatic carbocycles. The monoisotopic (exact) mass is 260 g/mol. The number of likely N-dealkylation sites (tertiary alicyclic amines) is 1. The zero-order valence-corrected chi connectivity index (χ0v) is 10.2. The van der Waals surface area contributed by atoms with Crippen molar-refractivity contribution in [1.82, 2.24) is 10.2 Å². The molecule has 0 bridgehead atoms. The molecule has 4 nitrogen and oxygen atoms in total. The Morgan fingerprint density at radius 1 is 1.44 bits per heavy atom. The van der Waals surface area contributed by atoms with Crippen molar-refractivity contribution < 1.29 is 18.3 Å². The first-order valence-corrected chi connectivity index (χ1v) is 6.60. The van der Waals surface area contributed by atoms with Crippen LogP contribution in [0.2, 0.25) is 0 Å². The van der Waals surface area contributed by atoms with Crippen LogP contribution in [0, 0.1) is 5.92 Å².